The summed E-state index contributed by atoms with van der Waals surface area (Å²) in [5.74, 6) is -0.504. The molecule has 2 aromatic carbocycles. The summed E-state index contributed by atoms with van der Waals surface area (Å²) in [5, 5.41) is 11.5. The number of ether oxygens (including phenoxy) is 1. The molecule has 5 aromatic rings. The lowest BCUT2D eigenvalue weighted by Crippen LogP contribution is -2.31. The maximum absolute atomic E-state index is 12.3. The van der Waals surface area contributed by atoms with Gasteiger partial charge >= 0.3 is 5.97 Å². The number of nitrogens with zero attached hydrogens (tertiary/aromatic N) is 5. The molecule has 1 aliphatic carbocycles. The van der Waals surface area contributed by atoms with Gasteiger partial charge in [0.25, 0.3) is 0 Å². The van der Waals surface area contributed by atoms with Crippen LogP contribution in [0.5, 0.6) is 0 Å². The van der Waals surface area contributed by atoms with Gasteiger partial charge in [-0.15, -0.1) is 0 Å². The normalized spacial score (nSPS) is 14.7. The number of esters is 1. The molecule has 0 amide bonds. The predicted molar refractivity (Wildman–Crippen MR) is 115 cm³/mol. The molecule has 31 heavy (non-hydrogen) atoms. The number of hydrogen-bond donors (Lipinski definition) is 0. The summed E-state index contributed by atoms with van der Waals surface area (Å²) in [4.78, 5) is 31.3. The van der Waals surface area contributed by atoms with E-state index < -0.39 is 11.4 Å². The summed E-state index contributed by atoms with van der Waals surface area (Å²) in [7, 11) is 1.31. The van der Waals surface area contributed by atoms with Gasteiger partial charge in [-0.3, -0.25) is 14.8 Å². The van der Waals surface area contributed by atoms with Crippen LogP contribution in [0.4, 0.5) is 0 Å². The lowest BCUT2D eigenvalue weighted by molar-refractivity contribution is -0.148. The monoisotopic (exact) mass is 405 g/mol. The van der Waals surface area contributed by atoms with Gasteiger partial charge in [0.05, 0.1) is 46.3 Å². The Labute approximate surface area is 176 Å². The van der Waals surface area contributed by atoms with Crippen LogP contribution in [0.15, 0.2) is 48.8 Å². The molecule has 0 fully saturated rings. The minimum Gasteiger partial charge on any atom is -0.468 e. The van der Waals surface area contributed by atoms with Gasteiger partial charge < -0.3 is 4.74 Å². The zero-order chi connectivity index (χ0) is 21.2. The summed E-state index contributed by atoms with van der Waals surface area (Å²) in [5.41, 5.74) is 5.19. The molecule has 148 valence electrons. The van der Waals surface area contributed by atoms with Crippen LogP contribution in [-0.4, -0.2) is 33.0 Å². The minimum absolute atomic E-state index is 0.311. The standard InChI is InChI=1S/C24H15N5O2/c1-31-23(30)24(12-25)10-13-8-17-18(9-14(13)11-24)29-22-16-5-3-7-27-20(16)19-15(21(22)28-17)4-2-6-26-19/h2-9H,10-11H2,1H3. The molecular formula is C24H15N5O2. The number of fused-ring (bicyclic) bond motifs is 8. The highest BCUT2D eigenvalue weighted by molar-refractivity contribution is 6.21. The van der Waals surface area contributed by atoms with E-state index in [0.29, 0.717) is 12.8 Å². The maximum Gasteiger partial charge on any atom is 0.326 e. The lowest BCUT2D eigenvalue weighted by atomic mass is 9.87. The average Bonchev–Trinajstić information content (AvgIpc) is 3.20. The third kappa shape index (κ3) is 2.36. The van der Waals surface area contributed by atoms with E-state index in [2.05, 4.69) is 16.0 Å². The van der Waals surface area contributed by atoms with E-state index in [1.165, 1.54) is 7.11 Å². The third-order valence-electron chi connectivity index (χ3n) is 6.11. The van der Waals surface area contributed by atoms with Crippen molar-refractivity contribution in [3.8, 4) is 6.07 Å². The van der Waals surface area contributed by atoms with Crippen molar-refractivity contribution in [2.45, 2.75) is 12.8 Å². The second-order valence-electron chi connectivity index (χ2n) is 7.87. The van der Waals surface area contributed by atoms with E-state index in [0.717, 1.165) is 55.0 Å². The first-order chi connectivity index (χ1) is 15.1. The molecule has 0 radical (unpaired) electrons. The Morgan fingerprint density at radius 1 is 0.935 bits per heavy atom. The van der Waals surface area contributed by atoms with E-state index in [1.807, 2.05) is 36.4 Å². The van der Waals surface area contributed by atoms with Gasteiger partial charge in [-0.1, -0.05) is 0 Å². The number of methoxy groups -OCH3 is 1. The van der Waals surface area contributed by atoms with Crippen molar-refractivity contribution >= 4 is 49.8 Å². The zero-order valence-corrected chi connectivity index (χ0v) is 16.6. The quantitative estimate of drug-likeness (QED) is 0.238. The van der Waals surface area contributed by atoms with Crippen molar-refractivity contribution in [3.63, 3.8) is 0 Å². The largest absolute Gasteiger partial charge is 0.468 e. The second kappa shape index (κ2) is 6.16. The van der Waals surface area contributed by atoms with Crippen molar-refractivity contribution in [2.75, 3.05) is 7.11 Å². The Kier molecular flexibility index (Phi) is 3.51. The number of aromatic nitrogens is 4. The number of carbonyl (C=O) groups is 1. The number of nitriles is 1. The van der Waals surface area contributed by atoms with E-state index in [-0.39, 0.29) is 0 Å². The van der Waals surface area contributed by atoms with Crippen LogP contribution >= 0.6 is 0 Å². The van der Waals surface area contributed by atoms with E-state index in [9.17, 15) is 10.1 Å². The molecule has 3 aromatic heterocycles. The van der Waals surface area contributed by atoms with E-state index in [1.54, 1.807) is 12.4 Å². The van der Waals surface area contributed by atoms with Gasteiger partial charge in [-0.2, -0.15) is 5.26 Å². The highest BCUT2D eigenvalue weighted by Crippen LogP contribution is 2.40. The van der Waals surface area contributed by atoms with Gasteiger partial charge in [-0.25, -0.2) is 9.97 Å². The summed E-state index contributed by atoms with van der Waals surface area (Å²) in [6.45, 7) is 0. The fourth-order valence-corrected chi connectivity index (χ4v) is 4.64. The number of pyridine rings is 2. The van der Waals surface area contributed by atoms with Crippen molar-refractivity contribution in [3.05, 3.63) is 59.9 Å². The highest BCUT2D eigenvalue weighted by atomic mass is 16.5. The molecule has 0 aliphatic heterocycles. The third-order valence-corrected chi connectivity index (χ3v) is 6.11. The highest BCUT2D eigenvalue weighted by Gasteiger charge is 2.45. The van der Waals surface area contributed by atoms with Crippen LogP contribution in [-0.2, 0) is 22.4 Å². The molecule has 6 rings (SSSR count). The summed E-state index contributed by atoms with van der Waals surface area (Å²) < 4.78 is 4.91. The number of carbonyl (C=O) groups excluding carboxylic acids is 1. The molecule has 0 saturated carbocycles. The smallest absolute Gasteiger partial charge is 0.326 e. The van der Waals surface area contributed by atoms with Crippen molar-refractivity contribution < 1.29 is 9.53 Å². The van der Waals surface area contributed by atoms with Crippen LogP contribution in [0.25, 0.3) is 43.9 Å². The molecule has 0 saturated heterocycles. The second-order valence-corrected chi connectivity index (χ2v) is 7.87. The van der Waals surface area contributed by atoms with Crippen LogP contribution < -0.4 is 0 Å². The van der Waals surface area contributed by atoms with E-state index in [4.69, 9.17) is 14.7 Å². The number of hydrogen-bond acceptors (Lipinski definition) is 7. The van der Waals surface area contributed by atoms with Gasteiger partial charge in [0.1, 0.15) is 0 Å². The van der Waals surface area contributed by atoms with E-state index >= 15 is 0 Å². The van der Waals surface area contributed by atoms with Crippen molar-refractivity contribution in [1.29, 1.82) is 5.26 Å². The molecule has 7 nitrogen and oxygen atoms in total. The summed E-state index contributed by atoms with van der Waals surface area (Å²) >= 11 is 0. The van der Waals surface area contributed by atoms with Crippen molar-refractivity contribution in [2.24, 2.45) is 5.41 Å². The maximum atomic E-state index is 12.3. The van der Waals surface area contributed by atoms with Crippen LogP contribution in [0.2, 0.25) is 0 Å². The molecule has 0 unspecified atom stereocenters. The van der Waals surface area contributed by atoms with Gasteiger partial charge in [0, 0.05) is 36.0 Å². The van der Waals surface area contributed by atoms with Crippen molar-refractivity contribution in [1.82, 2.24) is 19.9 Å². The topological polar surface area (TPSA) is 102 Å². The Bertz CT molecular complexity index is 1520. The lowest BCUT2D eigenvalue weighted by Gasteiger charge is -2.16. The predicted octanol–water partition coefficient (Wildman–Crippen LogP) is 3.66. The molecule has 0 N–H and O–H groups in total. The average molecular weight is 405 g/mol. The Balaban J connectivity index is 1.67. The van der Waals surface area contributed by atoms with Gasteiger partial charge in [0.15, 0.2) is 5.41 Å². The first-order valence-electron chi connectivity index (χ1n) is 9.88. The molecule has 0 spiro atoms. The summed E-state index contributed by atoms with van der Waals surface area (Å²) in [6, 6.07) is 13.8. The Morgan fingerprint density at radius 2 is 1.45 bits per heavy atom. The Hall–Kier alpha value is -4.18. The SMILES string of the molecule is COC(=O)C1(C#N)Cc2cc3nc4c5cccnc5c5ncccc5c4nc3cc2C1. The zero-order valence-electron chi connectivity index (χ0n) is 16.6. The minimum atomic E-state index is -1.19. The molecule has 0 bridgehead atoms. The number of benzene rings is 2. The molecule has 7 heteroatoms. The number of rotatable bonds is 1. The molecule has 3 heterocycles. The van der Waals surface area contributed by atoms with Crippen LogP contribution in [0.3, 0.4) is 0 Å². The van der Waals surface area contributed by atoms with Crippen LogP contribution in [0.1, 0.15) is 11.1 Å². The first-order valence-corrected chi connectivity index (χ1v) is 9.88. The Morgan fingerprint density at radius 3 is 1.90 bits per heavy atom. The van der Waals surface area contributed by atoms with Gasteiger partial charge in [-0.05, 0) is 47.5 Å². The molecular weight excluding hydrogens is 390 g/mol. The molecule has 0 atom stereocenters. The molecule has 1 aliphatic rings. The summed E-state index contributed by atoms with van der Waals surface area (Å²) in [6.07, 6.45) is 4.12. The van der Waals surface area contributed by atoms with Crippen LogP contribution in [0, 0.1) is 16.7 Å². The first kappa shape index (κ1) is 17.7. The van der Waals surface area contributed by atoms with Gasteiger partial charge in [0.2, 0.25) is 0 Å². The fraction of sp³-hybridized carbons (Fsp3) is 0.167. The fourth-order valence-electron chi connectivity index (χ4n) is 4.64.